The van der Waals surface area contributed by atoms with E-state index in [1.54, 1.807) is 29.6 Å². The molecule has 0 N–H and O–H groups in total. The van der Waals surface area contributed by atoms with Gasteiger partial charge in [0.25, 0.3) is 0 Å². The summed E-state index contributed by atoms with van der Waals surface area (Å²) in [6.07, 6.45) is 5.27. The van der Waals surface area contributed by atoms with Crippen LogP contribution in [0.15, 0.2) is 83.9 Å². The number of nitriles is 1. The number of nitrogens with zero attached hydrogens (tertiary/aromatic N) is 6. The standard InChI is InChI=1S/C31H24BrFN6O2/c1-41-29-11-20(9-10-21(29)13-34)15-38-19-35-14-23(38)12-30(40)39-16-22-5-4-8-27(33)25(22)17-37-18-28(36-31(37)39)24-6-2-3-7-26(24)32/h2-11,14,18-19H,12,15-17H2,1H3. The summed E-state index contributed by atoms with van der Waals surface area (Å²) in [7, 11) is 1.53. The van der Waals surface area contributed by atoms with Crippen LogP contribution < -0.4 is 9.64 Å². The molecule has 204 valence electrons. The van der Waals surface area contributed by atoms with E-state index in [4.69, 9.17) is 9.72 Å². The van der Waals surface area contributed by atoms with Crippen molar-refractivity contribution < 1.29 is 13.9 Å². The minimum Gasteiger partial charge on any atom is -0.495 e. The lowest BCUT2D eigenvalue weighted by Gasteiger charge is -2.21. The van der Waals surface area contributed by atoms with E-state index in [0.717, 1.165) is 21.2 Å². The molecular weight excluding hydrogens is 587 g/mol. The smallest absolute Gasteiger partial charge is 0.235 e. The first-order chi connectivity index (χ1) is 19.9. The summed E-state index contributed by atoms with van der Waals surface area (Å²) >= 11 is 3.59. The second kappa shape index (κ2) is 11.0. The van der Waals surface area contributed by atoms with Gasteiger partial charge >= 0.3 is 0 Å². The normalized spacial score (nSPS) is 12.3. The number of fused-ring (bicyclic) bond motifs is 2. The summed E-state index contributed by atoms with van der Waals surface area (Å²) in [5.41, 5.74) is 4.92. The highest BCUT2D eigenvalue weighted by atomic mass is 79.9. The van der Waals surface area contributed by atoms with Crippen LogP contribution in [0.4, 0.5) is 10.3 Å². The number of hydrogen-bond acceptors (Lipinski definition) is 5. The molecular formula is C31H24BrFN6O2. The number of methoxy groups -OCH3 is 1. The topological polar surface area (TPSA) is 89.0 Å². The number of carbonyl (C=O) groups excluding carboxylic acids is 1. The molecule has 41 heavy (non-hydrogen) atoms. The third-order valence-corrected chi connectivity index (χ3v) is 7.88. The van der Waals surface area contributed by atoms with E-state index < -0.39 is 0 Å². The molecule has 3 heterocycles. The second-order valence-corrected chi connectivity index (χ2v) is 10.6. The Kier molecular flexibility index (Phi) is 7.12. The van der Waals surface area contributed by atoms with Crippen LogP contribution in [0.1, 0.15) is 27.9 Å². The van der Waals surface area contributed by atoms with Gasteiger partial charge in [-0.2, -0.15) is 5.26 Å². The van der Waals surface area contributed by atoms with Gasteiger partial charge in [-0.1, -0.05) is 52.3 Å². The fourth-order valence-corrected chi connectivity index (χ4v) is 5.58. The average molecular weight is 611 g/mol. The van der Waals surface area contributed by atoms with E-state index in [0.29, 0.717) is 40.8 Å². The Bertz CT molecular complexity index is 1820. The Morgan fingerprint density at radius 2 is 2.00 bits per heavy atom. The van der Waals surface area contributed by atoms with Gasteiger partial charge in [-0.25, -0.2) is 14.4 Å². The number of anilines is 1. The quantitative estimate of drug-likeness (QED) is 0.245. The molecule has 0 bridgehead atoms. The fourth-order valence-electron chi connectivity index (χ4n) is 5.09. The first-order valence-electron chi connectivity index (χ1n) is 12.9. The average Bonchev–Trinajstić information content (AvgIpc) is 3.56. The molecule has 0 atom stereocenters. The molecule has 0 aliphatic carbocycles. The van der Waals surface area contributed by atoms with E-state index in [1.165, 1.54) is 13.2 Å². The Balaban J connectivity index is 1.33. The molecule has 0 fully saturated rings. The van der Waals surface area contributed by atoms with Crippen molar-refractivity contribution in [2.45, 2.75) is 26.1 Å². The van der Waals surface area contributed by atoms with Crippen molar-refractivity contribution in [3.8, 4) is 23.1 Å². The first kappa shape index (κ1) is 26.5. The molecule has 0 unspecified atom stereocenters. The molecule has 5 aromatic rings. The minimum atomic E-state index is -0.310. The maximum absolute atomic E-state index is 15.0. The van der Waals surface area contributed by atoms with Gasteiger partial charge in [0.2, 0.25) is 11.9 Å². The van der Waals surface area contributed by atoms with E-state index >= 15 is 0 Å². The molecule has 1 amide bonds. The van der Waals surface area contributed by atoms with Crippen molar-refractivity contribution >= 4 is 27.8 Å². The van der Waals surface area contributed by atoms with E-state index in [9.17, 15) is 14.4 Å². The van der Waals surface area contributed by atoms with Crippen LogP contribution in [0.5, 0.6) is 5.75 Å². The summed E-state index contributed by atoms with van der Waals surface area (Å²) < 4.78 is 24.9. The largest absolute Gasteiger partial charge is 0.495 e. The number of amides is 1. The van der Waals surface area contributed by atoms with E-state index in [2.05, 4.69) is 27.0 Å². The van der Waals surface area contributed by atoms with Crippen molar-refractivity contribution in [1.29, 1.82) is 5.26 Å². The molecule has 3 aromatic carbocycles. The van der Waals surface area contributed by atoms with Gasteiger partial charge in [0.15, 0.2) is 0 Å². The molecule has 0 saturated heterocycles. The van der Waals surface area contributed by atoms with Crippen LogP contribution in [0.25, 0.3) is 11.3 Å². The van der Waals surface area contributed by atoms with Crippen molar-refractivity contribution in [3.05, 3.63) is 118 Å². The molecule has 0 radical (unpaired) electrons. The van der Waals surface area contributed by atoms with Gasteiger partial charge in [0.1, 0.15) is 17.6 Å². The zero-order chi connectivity index (χ0) is 28.5. The van der Waals surface area contributed by atoms with Gasteiger partial charge in [0.05, 0.1) is 44.2 Å². The van der Waals surface area contributed by atoms with Crippen molar-refractivity contribution in [2.75, 3.05) is 12.0 Å². The molecule has 6 rings (SSSR count). The summed E-state index contributed by atoms with van der Waals surface area (Å²) in [6, 6.07) is 20.2. The number of imidazole rings is 2. The summed E-state index contributed by atoms with van der Waals surface area (Å²) in [4.78, 5) is 24.7. The van der Waals surface area contributed by atoms with Crippen LogP contribution in [0.3, 0.4) is 0 Å². The van der Waals surface area contributed by atoms with E-state index in [1.807, 2.05) is 57.8 Å². The summed E-state index contributed by atoms with van der Waals surface area (Å²) in [5.74, 6) is 0.451. The molecule has 2 aromatic heterocycles. The number of aromatic nitrogens is 4. The monoisotopic (exact) mass is 610 g/mol. The number of ether oxygens (including phenoxy) is 1. The number of benzene rings is 3. The zero-order valence-electron chi connectivity index (χ0n) is 22.1. The van der Waals surface area contributed by atoms with Gasteiger partial charge < -0.3 is 13.9 Å². The maximum Gasteiger partial charge on any atom is 0.235 e. The van der Waals surface area contributed by atoms with Crippen LogP contribution in [-0.4, -0.2) is 32.1 Å². The van der Waals surface area contributed by atoms with Gasteiger partial charge in [-0.05, 0) is 35.4 Å². The Labute approximate surface area is 244 Å². The highest BCUT2D eigenvalue weighted by Crippen LogP contribution is 2.33. The second-order valence-electron chi connectivity index (χ2n) is 9.73. The van der Waals surface area contributed by atoms with Gasteiger partial charge in [-0.3, -0.25) is 9.69 Å². The van der Waals surface area contributed by atoms with Crippen LogP contribution in [-0.2, 0) is 30.8 Å². The molecule has 8 nitrogen and oxygen atoms in total. The predicted molar refractivity (Wildman–Crippen MR) is 155 cm³/mol. The third-order valence-electron chi connectivity index (χ3n) is 7.19. The Hall–Kier alpha value is -4.75. The van der Waals surface area contributed by atoms with Gasteiger partial charge in [0, 0.05) is 40.2 Å². The molecule has 0 spiro atoms. The zero-order valence-corrected chi connectivity index (χ0v) is 23.7. The lowest BCUT2D eigenvalue weighted by molar-refractivity contribution is -0.118. The van der Waals surface area contributed by atoms with Gasteiger partial charge in [-0.15, -0.1) is 0 Å². The third kappa shape index (κ3) is 5.12. The number of hydrogen-bond donors (Lipinski definition) is 0. The highest BCUT2D eigenvalue weighted by Gasteiger charge is 2.29. The molecule has 1 aliphatic heterocycles. The Morgan fingerprint density at radius 1 is 1.15 bits per heavy atom. The Morgan fingerprint density at radius 3 is 2.80 bits per heavy atom. The lowest BCUT2D eigenvalue weighted by Crippen LogP contribution is -2.33. The number of halogens is 2. The highest BCUT2D eigenvalue weighted by molar-refractivity contribution is 9.10. The lowest BCUT2D eigenvalue weighted by atomic mass is 10.1. The predicted octanol–water partition coefficient (Wildman–Crippen LogP) is 5.71. The van der Waals surface area contributed by atoms with Crippen molar-refractivity contribution in [2.24, 2.45) is 0 Å². The summed E-state index contributed by atoms with van der Waals surface area (Å²) in [6.45, 7) is 0.899. The number of rotatable bonds is 6. The van der Waals surface area contributed by atoms with Crippen molar-refractivity contribution in [1.82, 2.24) is 19.1 Å². The van der Waals surface area contributed by atoms with Crippen LogP contribution in [0, 0.1) is 17.1 Å². The maximum atomic E-state index is 15.0. The molecule has 10 heteroatoms. The fraction of sp³-hybridized carbons (Fsp3) is 0.161. The van der Waals surface area contributed by atoms with Crippen LogP contribution >= 0.6 is 15.9 Å². The van der Waals surface area contributed by atoms with Crippen LogP contribution in [0.2, 0.25) is 0 Å². The molecule has 1 aliphatic rings. The summed E-state index contributed by atoms with van der Waals surface area (Å²) in [5, 5.41) is 9.29. The first-order valence-corrected chi connectivity index (χ1v) is 13.7. The number of carbonyl (C=O) groups is 1. The SMILES string of the molecule is COc1cc(Cn2cncc2CC(=O)N2Cc3cccc(F)c3Cn3cc(-c4ccccc4Br)nc32)ccc1C#N. The van der Waals surface area contributed by atoms with E-state index in [-0.39, 0.29) is 31.2 Å². The minimum absolute atomic E-state index is 0.0648. The van der Waals surface area contributed by atoms with Crippen molar-refractivity contribution in [3.63, 3.8) is 0 Å². The molecule has 0 saturated carbocycles.